The molecule has 6 nitrogen and oxygen atoms in total. The third-order valence-corrected chi connectivity index (χ3v) is 4.20. The third-order valence-electron chi connectivity index (χ3n) is 4.20. The van der Waals surface area contributed by atoms with Crippen LogP contribution in [0.4, 0.5) is 4.39 Å². The first-order valence-electron chi connectivity index (χ1n) is 9.12. The van der Waals surface area contributed by atoms with Gasteiger partial charge in [0, 0.05) is 32.0 Å². The summed E-state index contributed by atoms with van der Waals surface area (Å²) in [6.07, 6.45) is 1.38. The van der Waals surface area contributed by atoms with Gasteiger partial charge in [0.05, 0.1) is 6.61 Å². The lowest BCUT2D eigenvalue weighted by Gasteiger charge is -2.16. The van der Waals surface area contributed by atoms with Crippen LogP contribution >= 0.6 is 0 Å². The van der Waals surface area contributed by atoms with Crippen LogP contribution in [0.25, 0.3) is 11.4 Å². The summed E-state index contributed by atoms with van der Waals surface area (Å²) in [4.78, 5) is 18.2. The summed E-state index contributed by atoms with van der Waals surface area (Å²) in [5, 5.41) is 3.88. The molecule has 0 saturated carbocycles. The average Bonchev–Trinajstić information content (AvgIpc) is 3.19. The van der Waals surface area contributed by atoms with Crippen molar-refractivity contribution >= 4 is 5.91 Å². The van der Waals surface area contributed by atoms with E-state index in [-0.39, 0.29) is 18.1 Å². The smallest absolute Gasteiger partial charge is 0.227 e. The number of benzene rings is 2. The molecule has 2 aromatic carbocycles. The van der Waals surface area contributed by atoms with Crippen molar-refractivity contribution in [3.8, 4) is 17.1 Å². The molecule has 3 rings (SSSR count). The summed E-state index contributed by atoms with van der Waals surface area (Å²) in [7, 11) is 1.77. The van der Waals surface area contributed by atoms with Gasteiger partial charge in [-0.05, 0) is 42.8 Å². The molecular formula is C21H22FN3O3. The van der Waals surface area contributed by atoms with Gasteiger partial charge >= 0.3 is 0 Å². The predicted octanol–water partition coefficient (Wildman–Crippen LogP) is 3.74. The van der Waals surface area contributed by atoms with Crippen LogP contribution in [-0.2, 0) is 11.2 Å². The first-order valence-corrected chi connectivity index (χ1v) is 9.12. The summed E-state index contributed by atoms with van der Waals surface area (Å²) < 4.78 is 23.8. The van der Waals surface area contributed by atoms with Crippen LogP contribution in [0, 0.1) is 5.82 Å². The molecule has 0 aliphatic heterocycles. The fourth-order valence-corrected chi connectivity index (χ4v) is 2.61. The molecule has 146 valence electrons. The molecule has 0 fully saturated rings. The van der Waals surface area contributed by atoms with E-state index in [1.165, 1.54) is 12.1 Å². The predicted molar refractivity (Wildman–Crippen MR) is 102 cm³/mol. The highest BCUT2D eigenvalue weighted by atomic mass is 19.1. The number of amides is 1. The van der Waals surface area contributed by atoms with Crippen LogP contribution in [0.3, 0.4) is 0 Å². The quantitative estimate of drug-likeness (QED) is 0.527. The summed E-state index contributed by atoms with van der Waals surface area (Å²) in [5.74, 6) is 1.27. The standard InChI is InChI=1S/C21H22FN3O3/c1-25(14-5-15-27-18-6-3-2-4-7-18)20(26)13-12-19-23-21(24-28-19)16-8-10-17(22)11-9-16/h2-4,6-11H,5,12-15H2,1H3. The minimum atomic E-state index is -0.324. The summed E-state index contributed by atoms with van der Waals surface area (Å²) in [5.41, 5.74) is 0.665. The average molecular weight is 383 g/mol. The Bertz CT molecular complexity index is 881. The maximum absolute atomic E-state index is 13.0. The van der Waals surface area contributed by atoms with Gasteiger partial charge in [-0.1, -0.05) is 23.4 Å². The van der Waals surface area contributed by atoms with Gasteiger partial charge in [-0.2, -0.15) is 4.98 Å². The number of aromatic nitrogens is 2. The molecular weight excluding hydrogens is 361 g/mol. The van der Waals surface area contributed by atoms with E-state index in [2.05, 4.69) is 10.1 Å². The Labute approximate surface area is 162 Å². The van der Waals surface area contributed by atoms with E-state index in [0.29, 0.717) is 36.9 Å². The normalized spacial score (nSPS) is 10.6. The van der Waals surface area contributed by atoms with Gasteiger partial charge in [-0.25, -0.2) is 4.39 Å². The summed E-state index contributed by atoms with van der Waals surface area (Å²) in [6, 6.07) is 15.4. The number of hydrogen-bond acceptors (Lipinski definition) is 5. The van der Waals surface area contributed by atoms with Crippen molar-refractivity contribution in [1.29, 1.82) is 0 Å². The molecule has 7 heteroatoms. The highest BCUT2D eigenvalue weighted by Gasteiger charge is 2.13. The Morgan fingerprint density at radius 3 is 2.64 bits per heavy atom. The third kappa shape index (κ3) is 5.64. The highest BCUT2D eigenvalue weighted by molar-refractivity contribution is 5.76. The Morgan fingerprint density at radius 1 is 1.14 bits per heavy atom. The molecule has 0 saturated heterocycles. The molecule has 0 aliphatic carbocycles. The van der Waals surface area contributed by atoms with Gasteiger partial charge in [0.15, 0.2) is 0 Å². The molecule has 0 atom stereocenters. The van der Waals surface area contributed by atoms with Crippen molar-refractivity contribution in [2.45, 2.75) is 19.3 Å². The zero-order valence-electron chi connectivity index (χ0n) is 15.7. The SMILES string of the molecule is CN(CCCOc1ccccc1)C(=O)CCc1nc(-c2ccc(F)cc2)no1. The van der Waals surface area contributed by atoms with Crippen LogP contribution in [0.2, 0.25) is 0 Å². The lowest BCUT2D eigenvalue weighted by Crippen LogP contribution is -2.28. The highest BCUT2D eigenvalue weighted by Crippen LogP contribution is 2.16. The molecule has 1 amide bonds. The number of hydrogen-bond donors (Lipinski definition) is 0. The van der Waals surface area contributed by atoms with Crippen molar-refractivity contribution < 1.29 is 18.4 Å². The number of carbonyl (C=O) groups is 1. The van der Waals surface area contributed by atoms with E-state index in [9.17, 15) is 9.18 Å². The van der Waals surface area contributed by atoms with E-state index in [1.54, 1.807) is 24.1 Å². The number of halogens is 1. The Kier molecular flexibility index (Phi) is 6.73. The van der Waals surface area contributed by atoms with Crippen LogP contribution in [0.15, 0.2) is 59.1 Å². The number of carbonyl (C=O) groups excluding carboxylic acids is 1. The molecule has 3 aromatic rings. The van der Waals surface area contributed by atoms with E-state index < -0.39 is 0 Å². The van der Waals surface area contributed by atoms with Gasteiger partial charge in [0.2, 0.25) is 17.6 Å². The van der Waals surface area contributed by atoms with Crippen molar-refractivity contribution in [3.05, 3.63) is 66.3 Å². The van der Waals surface area contributed by atoms with Gasteiger partial charge in [0.1, 0.15) is 11.6 Å². The number of aryl methyl sites for hydroxylation is 1. The van der Waals surface area contributed by atoms with E-state index >= 15 is 0 Å². The minimum Gasteiger partial charge on any atom is -0.494 e. The van der Waals surface area contributed by atoms with Crippen molar-refractivity contribution in [1.82, 2.24) is 15.0 Å². The molecule has 0 spiro atoms. The van der Waals surface area contributed by atoms with Crippen LogP contribution in [0.5, 0.6) is 5.75 Å². The first kappa shape index (κ1) is 19.5. The molecule has 28 heavy (non-hydrogen) atoms. The molecule has 0 aliphatic rings. The first-order chi connectivity index (χ1) is 13.6. The molecule has 1 aromatic heterocycles. The minimum absolute atomic E-state index is 0.00115. The molecule has 1 heterocycles. The summed E-state index contributed by atoms with van der Waals surface area (Å²) >= 11 is 0. The zero-order chi connectivity index (χ0) is 19.8. The second-order valence-electron chi connectivity index (χ2n) is 6.35. The fourth-order valence-electron chi connectivity index (χ4n) is 2.61. The largest absolute Gasteiger partial charge is 0.494 e. The van der Waals surface area contributed by atoms with Crippen molar-refractivity contribution in [3.63, 3.8) is 0 Å². The number of rotatable bonds is 9. The van der Waals surface area contributed by atoms with Crippen LogP contribution < -0.4 is 4.74 Å². The Hall–Kier alpha value is -3.22. The van der Waals surface area contributed by atoms with E-state index in [0.717, 1.165) is 12.2 Å². The number of para-hydroxylation sites is 1. The maximum Gasteiger partial charge on any atom is 0.227 e. The van der Waals surface area contributed by atoms with Crippen molar-refractivity contribution in [2.75, 3.05) is 20.2 Å². The number of nitrogens with zero attached hydrogens (tertiary/aromatic N) is 3. The summed E-state index contributed by atoms with van der Waals surface area (Å²) in [6.45, 7) is 1.16. The zero-order valence-corrected chi connectivity index (χ0v) is 15.7. The fraction of sp³-hybridized carbons (Fsp3) is 0.286. The molecule has 0 N–H and O–H groups in total. The molecule has 0 unspecified atom stereocenters. The van der Waals surface area contributed by atoms with E-state index in [1.807, 2.05) is 30.3 Å². The van der Waals surface area contributed by atoms with Gasteiger partial charge in [-0.3, -0.25) is 4.79 Å². The Morgan fingerprint density at radius 2 is 1.89 bits per heavy atom. The number of ether oxygens (including phenoxy) is 1. The lowest BCUT2D eigenvalue weighted by atomic mass is 10.2. The molecule has 0 radical (unpaired) electrons. The van der Waals surface area contributed by atoms with Gasteiger partial charge < -0.3 is 14.2 Å². The van der Waals surface area contributed by atoms with Gasteiger partial charge in [0.25, 0.3) is 0 Å². The van der Waals surface area contributed by atoms with E-state index in [4.69, 9.17) is 9.26 Å². The topological polar surface area (TPSA) is 68.5 Å². The monoisotopic (exact) mass is 383 g/mol. The van der Waals surface area contributed by atoms with Gasteiger partial charge in [-0.15, -0.1) is 0 Å². The van der Waals surface area contributed by atoms with Crippen LogP contribution in [0.1, 0.15) is 18.7 Å². The second kappa shape index (κ2) is 9.64. The molecule has 0 bridgehead atoms. The maximum atomic E-state index is 13.0. The lowest BCUT2D eigenvalue weighted by molar-refractivity contribution is -0.130. The van der Waals surface area contributed by atoms with Crippen LogP contribution in [-0.4, -0.2) is 41.1 Å². The van der Waals surface area contributed by atoms with Crippen molar-refractivity contribution in [2.24, 2.45) is 0 Å². The Balaban J connectivity index is 1.39. The second-order valence-corrected chi connectivity index (χ2v) is 6.35.